The summed E-state index contributed by atoms with van der Waals surface area (Å²) in [5, 5.41) is 8.94. The Balaban J connectivity index is 1.46. The molecule has 2 aliphatic heterocycles. The predicted molar refractivity (Wildman–Crippen MR) is 116 cm³/mol. The molecule has 0 radical (unpaired) electrons. The number of piperidine rings is 1. The number of carbonyl (C=O) groups excluding carboxylic acids is 1. The van der Waals surface area contributed by atoms with E-state index < -0.39 is 17.5 Å². The van der Waals surface area contributed by atoms with E-state index >= 15 is 0 Å². The number of hydrogen-bond donors (Lipinski definition) is 0. The summed E-state index contributed by atoms with van der Waals surface area (Å²) in [5.41, 5.74) is 1.17. The van der Waals surface area contributed by atoms with Crippen molar-refractivity contribution in [1.82, 2.24) is 4.90 Å². The zero-order chi connectivity index (χ0) is 22.9. The fraction of sp³-hybridized carbons (Fsp3) is 0.440. The average molecular weight is 438 g/mol. The lowest BCUT2D eigenvalue weighted by Crippen LogP contribution is -2.41. The van der Waals surface area contributed by atoms with E-state index in [0.717, 1.165) is 18.4 Å². The van der Waals surface area contributed by atoms with Crippen molar-refractivity contribution >= 4 is 6.09 Å². The first-order valence-corrected chi connectivity index (χ1v) is 10.8. The molecular weight excluding hydrogens is 411 g/mol. The van der Waals surface area contributed by atoms with Crippen LogP contribution >= 0.6 is 0 Å². The molecule has 1 atom stereocenters. The number of benzene rings is 2. The normalized spacial score (nSPS) is 18.7. The molecule has 32 heavy (non-hydrogen) atoms. The van der Waals surface area contributed by atoms with Gasteiger partial charge in [-0.05, 0) is 57.7 Å². The number of carbonyl (C=O) groups is 1. The summed E-state index contributed by atoms with van der Waals surface area (Å²) in [6.07, 6.45) is 0.733. The van der Waals surface area contributed by atoms with Gasteiger partial charge >= 0.3 is 6.09 Å². The Hall–Kier alpha value is -3.27. The first kappa shape index (κ1) is 21.9. The molecule has 1 amide bonds. The molecule has 0 aliphatic carbocycles. The van der Waals surface area contributed by atoms with E-state index in [1.165, 1.54) is 6.07 Å². The second kappa shape index (κ2) is 8.70. The number of halogens is 1. The summed E-state index contributed by atoms with van der Waals surface area (Å²) in [5.74, 6) is 1.02. The molecule has 0 N–H and O–H groups in total. The van der Waals surface area contributed by atoms with E-state index in [9.17, 15) is 9.18 Å². The van der Waals surface area contributed by atoms with Crippen LogP contribution in [0.2, 0.25) is 0 Å². The molecule has 168 valence electrons. The molecule has 0 saturated carbocycles. The van der Waals surface area contributed by atoms with Gasteiger partial charge in [-0.3, -0.25) is 0 Å². The maximum atomic E-state index is 14.4. The van der Waals surface area contributed by atoms with Crippen LogP contribution in [-0.4, -0.2) is 36.3 Å². The lowest BCUT2D eigenvalue weighted by atomic mass is 9.88. The monoisotopic (exact) mass is 438 g/mol. The Morgan fingerprint density at radius 3 is 2.59 bits per heavy atom. The molecule has 4 rings (SSSR count). The number of nitrogens with zero attached hydrogens (tertiary/aromatic N) is 2. The summed E-state index contributed by atoms with van der Waals surface area (Å²) in [6.45, 7) is 7.00. The van der Waals surface area contributed by atoms with Crippen LogP contribution in [0, 0.1) is 17.1 Å². The van der Waals surface area contributed by atoms with Gasteiger partial charge in [-0.25, -0.2) is 9.18 Å². The molecule has 2 aromatic carbocycles. The van der Waals surface area contributed by atoms with Gasteiger partial charge in [0.25, 0.3) is 0 Å². The highest BCUT2D eigenvalue weighted by atomic mass is 19.1. The Kier molecular flexibility index (Phi) is 5.96. The maximum Gasteiger partial charge on any atom is 0.410 e. The van der Waals surface area contributed by atoms with Crippen LogP contribution in [0.3, 0.4) is 0 Å². The van der Waals surface area contributed by atoms with Gasteiger partial charge in [0.05, 0.1) is 11.6 Å². The van der Waals surface area contributed by atoms with Crippen molar-refractivity contribution in [2.75, 3.05) is 19.7 Å². The van der Waals surface area contributed by atoms with Crippen molar-refractivity contribution in [1.29, 1.82) is 5.26 Å². The minimum atomic E-state index is -0.584. The van der Waals surface area contributed by atoms with Gasteiger partial charge in [-0.1, -0.05) is 18.2 Å². The van der Waals surface area contributed by atoms with Crippen LogP contribution in [0.25, 0.3) is 0 Å². The number of ether oxygens (including phenoxy) is 3. The SMILES string of the molecule is CC(C)(C)OC(=O)N1CCC(c2cccc3c2OCC(c2ccc(C#N)cc2F)O3)CC1. The second-order valence-electron chi connectivity index (χ2n) is 9.18. The topological polar surface area (TPSA) is 71.8 Å². The Bertz CT molecular complexity index is 1050. The van der Waals surface area contributed by atoms with Gasteiger partial charge in [0, 0.05) is 24.2 Å². The maximum absolute atomic E-state index is 14.4. The van der Waals surface area contributed by atoms with E-state index in [4.69, 9.17) is 19.5 Å². The number of para-hydroxylation sites is 1. The Morgan fingerprint density at radius 2 is 1.94 bits per heavy atom. The number of nitriles is 1. The molecule has 0 aromatic heterocycles. The molecule has 0 spiro atoms. The predicted octanol–water partition coefficient (Wildman–Crippen LogP) is 5.32. The van der Waals surface area contributed by atoms with Crippen LogP contribution in [0.4, 0.5) is 9.18 Å². The molecular formula is C25H27FN2O4. The third-order valence-electron chi connectivity index (χ3n) is 5.72. The largest absolute Gasteiger partial charge is 0.485 e. The summed E-state index contributed by atoms with van der Waals surface area (Å²) in [4.78, 5) is 14.1. The fourth-order valence-corrected chi connectivity index (χ4v) is 4.16. The van der Waals surface area contributed by atoms with E-state index in [1.807, 2.05) is 45.0 Å². The summed E-state index contributed by atoms with van der Waals surface area (Å²) < 4.78 is 32.1. The smallest absolute Gasteiger partial charge is 0.410 e. The van der Waals surface area contributed by atoms with Gasteiger partial charge in [-0.15, -0.1) is 0 Å². The van der Waals surface area contributed by atoms with Crippen molar-refractivity contribution in [2.45, 2.75) is 51.2 Å². The molecule has 6 nitrogen and oxygen atoms in total. The van der Waals surface area contributed by atoms with Crippen molar-refractivity contribution in [3.8, 4) is 17.6 Å². The van der Waals surface area contributed by atoms with Crippen LogP contribution in [-0.2, 0) is 4.74 Å². The minimum Gasteiger partial charge on any atom is -0.485 e. The fourth-order valence-electron chi connectivity index (χ4n) is 4.16. The molecule has 2 aromatic rings. The lowest BCUT2D eigenvalue weighted by Gasteiger charge is -2.35. The van der Waals surface area contributed by atoms with E-state index in [-0.39, 0.29) is 24.2 Å². The number of fused-ring (bicyclic) bond motifs is 1. The molecule has 0 bridgehead atoms. The number of hydrogen-bond acceptors (Lipinski definition) is 5. The van der Waals surface area contributed by atoms with Crippen LogP contribution in [0.5, 0.6) is 11.5 Å². The first-order chi connectivity index (χ1) is 15.2. The average Bonchev–Trinajstić information content (AvgIpc) is 2.77. The van der Waals surface area contributed by atoms with Crippen molar-refractivity contribution in [2.24, 2.45) is 0 Å². The standard InChI is InChI=1S/C25H27FN2O4/c1-25(2,3)32-24(29)28-11-9-17(10-12-28)18-5-4-6-21-23(18)30-15-22(31-21)19-8-7-16(14-27)13-20(19)26/h4-8,13,17,22H,9-12,15H2,1-3H3. The van der Waals surface area contributed by atoms with Crippen LogP contribution in [0.15, 0.2) is 36.4 Å². The molecule has 7 heteroatoms. The quantitative estimate of drug-likeness (QED) is 0.634. The van der Waals surface area contributed by atoms with Gasteiger partial charge in [0.1, 0.15) is 18.0 Å². The zero-order valence-corrected chi connectivity index (χ0v) is 18.6. The third-order valence-corrected chi connectivity index (χ3v) is 5.72. The van der Waals surface area contributed by atoms with Gasteiger partial charge in [-0.2, -0.15) is 5.26 Å². The van der Waals surface area contributed by atoms with E-state index in [0.29, 0.717) is 30.2 Å². The summed E-state index contributed by atoms with van der Waals surface area (Å²) >= 11 is 0. The molecule has 2 aliphatic rings. The van der Waals surface area contributed by atoms with Gasteiger partial charge in [0.2, 0.25) is 0 Å². The Labute approximate surface area is 187 Å². The number of amides is 1. The first-order valence-electron chi connectivity index (χ1n) is 10.8. The minimum absolute atomic E-state index is 0.184. The van der Waals surface area contributed by atoms with Gasteiger partial charge in [0.15, 0.2) is 17.6 Å². The van der Waals surface area contributed by atoms with Crippen LogP contribution < -0.4 is 9.47 Å². The Morgan fingerprint density at radius 1 is 1.19 bits per heavy atom. The van der Waals surface area contributed by atoms with Crippen LogP contribution in [0.1, 0.15) is 62.3 Å². The molecule has 1 fully saturated rings. The number of rotatable bonds is 2. The highest BCUT2D eigenvalue weighted by Crippen LogP contribution is 2.44. The van der Waals surface area contributed by atoms with Gasteiger partial charge < -0.3 is 19.1 Å². The zero-order valence-electron chi connectivity index (χ0n) is 18.6. The highest BCUT2D eigenvalue weighted by Gasteiger charge is 2.32. The highest BCUT2D eigenvalue weighted by molar-refractivity contribution is 5.68. The summed E-state index contributed by atoms with van der Waals surface area (Å²) in [6, 6.07) is 12.1. The molecule has 1 unspecified atom stereocenters. The van der Waals surface area contributed by atoms with E-state index in [2.05, 4.69) is 0 Å². The van der Waals surface area contributed by atoms with Crippen molar-refractivity contribution < 1.29 is 23.4 Å². The molecule has 2 heterocycles. The second-order valence-corrected chi connectivity index (χ2v) is 9.18. The lowest BCUT2D eigenvalue weighted by molar-refractivity contribution is 0.0203. The van der Waals surface area contributed by atoms with E-state index in [1.54, 1.807) is 17.0 Å². The third kappa shape index (κ3) is 4.64. The summed E-state index contributed by atoms with van der Waals surface area (Å²) in [7, 11) is 0. The number of likely N-dealkylation sites (tertiary alicyclic amines) is 1. The molecule has 1 saturated heterocycles. The van der Waals surface area contributed by atoms with Crippen molar-refractivity contribution in [3.63, 3.8) is 0 Å². The van der Waals surface area contributed by atoms with Crippen molar-refractivity contribution in [3.05, 3.63) is 58.9 Å².